The summed E-state index contributed by atoms with van der Waals surface area (Å²) < 4.78 is 11.1. The van der Waals surface area contributed by atoms with E-state index in [-0.39, 0.29) is 18.6 Å². The van der Waals surface area contributed by atoms with Gasteiger partial charge in [-0.05, 0) is 37.1 Å². The highest BCUT2D eigenvalue weighted by Gasteiger charge is 2.22. The first kappa shape index (κ1) is 16.7. The lowest BCUT2D eigenvalue weighted by molar-refractivity contribution is -0.123. The van der Waals surface area contributed by atoms with Gasteiger partial charge in [0, 0.05) is 10.6 Å². The second-order valence-corrected chi connectivity index (χ2v) is 6.60. The van der Waals surface area contributed by atoms with Crippen molar-refractivity contribution in [3.8, 4) is 11.5 Å². The summed E-state index contributed by atoms with van der Waals surface area (Å²) >= 11 is 1.84. The molecule has 0 aliphatic carbocycles. The highest BCUT2D eigenvalue weighted by Crippen LogP contribution is 2.35. The number of carbonyl (C=O) groups is 1. The van der Waals surface area contributed by atoms with Crippen LogP contribution in [0.15, 0.2) is 53.4 Å². The van der Waals surface area contributed by atoms with Gasteiger partial charge in [-0.2, -0.15) is 0 Å². The number of hydrogen-bond donors (Lipinski definition) is 1. The minimum absolute atomic E-state index is 0.0180. The van der Waals surface area contributed by atoms with Crippen LogP contribution in [0.2, 0.25) is 0 Å². The second kappa shape index (κ2) is 8.11. The zero-order chi connectivity index (χ0) is 16.8. The molecule has 4 nitrogen and oxygen atoms in total. The molecule has 0 bridgehead atoms. The summed E-state index contributed by atoms with van der Waals surface area (Å²) in [6, 6.07) is 15.7. The molecule has 5 heteroatoms. The van der Waals surface area contributed by atoms with Crippen LogP contribution in [-0.4, -0.2) is 24.9 Å². The lowest BCUT2D eigenvalue weighted by Crippen LogP contribution is -2.34. The fourth-order valence-corrected chi connectivity index (χ4v) is 3.84. The number of carbonyl (C=O) groups excluding carboxylic acids is 1. The maximum absolute atomic E-state index is 12.3. The summed E-state index contributed by atoms with van der Waals surface area (Å²) in [7, 11) is 0. The van der Waals surface area contributed by atoms with Crippen LogP contribution >= 0.6 is 11.8 Å². The van der Waals surface area contributed by atoms with Gasteiger partial charge in [0.1, 0.15) is 0 Å². The fraction of sp³-hybridized carbons (Fsp3) is 0.316. The summed E-state index contributed by atoms with van der Waals surface area (Å²) in [5.41, 5.74) is 1.19. The standard InChI is InChI=1S/C19H21NO3S/c1-2-22-16-8-4-5-9-17(16)23-13-19(21)20-15-11-12-24-18-10-6-3-7-14(15)18/h3-10,15H,2,11-13H2,1H3,(H,20,21). The molecule has 0 saturated heterocycles. The Morgan fingerprint density at radius 2 is 1.83 bits per heavy atom. The molecular weight excluding hydrogens is 322 g/mol. The van der Waals surface area contributed by atoms with E-state index in [2.05, 4.69) is 17.4 Å². The number of amides is 1. The van der Waals surface area contributed by atoms with Gasteiger partial charge in [-0.15, -0.1) is 11.8 Å². The van der Waals surface area contributed by atoms with Gasteiger partial charge in [0.05, 0.1) is 12.6 Å². The van der Waals surface area contributed by atoms with Gasteiger partial charge < -0.3 is 14.8 Å². The van der Waals surface area contributed by atoms with Crippen molar-refractivity contribution in [2.45, 2.75) is 24.3 Å². The van der Waals surface area contributed by atoms with Crippen molar-refractivity contribution in [2.24, 2.45) is 0 Å². The van der Waals surface area contributed by atoms with Gasteiger partial charge in [-0.25, -0.2) is 0 Å². The van der Waals surface area contributed by atoms with Crippen molar-refractivity contribution < 1.29 is 14.3 Å². The molecule has 1 atom stereocenters. The zero-order valence-electron chi connectivity index (χ0n) is 13.7. The molecule has 1 amide bonds. The minimum atomic E-state index is -0.118. The minimum Gasteiger partial charge on any atom is -0.490 e. The Bertz CT molecular complexity index is 705. The summed E-state index contributed by atoms with van der Waals surface area (Å²) in [6.07, 6.45) is 0.933. The molecule has 24 heavy (non-hydrogen) atoms. The smallest absolute Gasteiger partial charge is 0.258 e. The third-order valence-corrected chi connectivity index (χ3v) is 4.92. The number of fused-ring (bicyclic) bond motifs is 1. The molecule has 0 saturated carbocycles. The number of rotatable bonds is 6. The third kappa shape index (κ3) is 4.03. The van der Waals surface area contributed by atoms with Crippen LogP contribution in [-0.2, 0) is 4.79 Å². The Hall–Kier alpha value is -2.14. The Morgan fingerprint density at radius 3 is 2.62 bits per heavy atom. The van der Waals surface area contributed by atoms with Gasteiger partial charge in [-0.3, -0.25) is 4.79 Å². The number of thioether (sulfide) groups is 1. The average molecular weight is 343 g/mol. The SMILES string of the molecule is CCOc1ccccc1OCC(=O)NC1CCSc2ccccc21. The Morgan fingerprint density at radius 1 is 1.12 bits per heavy atom. The van der Waals surface area contributed by atoms with Crippen LogP contribution in [0.3, 0.4) is 0 Å². The molecule has 0 spiro atoms. The molecule has 1 aliphatic heterocycles. The Labute approximate surface area is 146 Å². The molecule has 2 aromatic carbocycles. The maximum atomic E-state index is 12.3. The largest absolute Gasteiger partial charge is 0.490 e. The van der Waals surface area contributed by atoms with E-state index in [9.17, 15) is 4.79 Å². The highest BCUT2D eigenvalue weighted by atomic mass is 32.2. The molecule has 1 unspecified atom stereocenters. The zero-order valence-corrected chi connectivity index (χ0v) is 14.5. The first-order valence-corrected chi connectivity index (χ1v) is 9.12. The van der Waals surface area contributed by atoms with Crippen molar-refractivity contribution >= 4 is 17.7 Å². The van der Waals surface area contributed by atoms with Crippen molar-refractivity contribution in [2.75, 3.05) is 19.0 Å². The van der Waals surface area contributed by atoms with E-state index in [0.717, 1.165) is 12.2 Å². The predicted molar refractivity (Wildman–Crippen MR) is 95.8 cm³/mol. The topological polar surface area (TPSA) is 47.6 Å². The van der Waals surface area contributed by atoms with Crippen LogP contribution in [0.5, 0.6) is 11.5 Å². The van der Waals surface area contributed by atoms with E-state index in [0.29, 0.717) is 18.1 Å². The highest BCUT2D eigenvalue weighted by molar-refractivity contribution is 7.99. The van der Waals surface area contributed by atoms with E-state index < -0.39 is 0 Å². The number of nitrogens with one attached hydrogen (secondary N) is 1. The number of hydrogen-bond acceptors (Lipinski definition) is 4. The molecule has 1 aliphatic rings. The van der Waals surface area contributed by atoms with E-state index in [1.54, 1.807) is 0 Å². The molecule has 1 N–H and O–H groups in total. The Kier molecular flexibility index (Phi) is 5.64. The van der Waals surface area contributed by atoms with Gasteiger partial charge in [-0.1, -0.05) is 30.3 Å². The predicted octanol–water partition coefficient (Wildman–Crippen LogP) is 3.82. The van der Waals surface area contributed by atoms with Crippen molar-refractivity contribution in [1.82, 2.24) is 5.32 Å². The monoisotopic (exact) mass is 343 g/mol. The Balaban J connectivity index is 1.59. The summed E-state index contributed by atoms with van der Waals surface area (Å²) in [6.45, 7) is 2.46. The summed E-state index contributed by atoms with van der Waals surface area (Å²) in [5, 5.41) is 3.08. The average Bonchev–Trinajstić information content (AvgIpc) is 2.62. The normalized spacial score (nSPS) is 16.1. The van der Waals surface area contributed by atoms with Crippen LogP contribution in [0, 0.1) is 0 Å². The summed E-state index contributed by atoms with van der Waals surface area (Å²) in [4.78, 5) is 13.5. The van der Waals surface area contributed by atoms with Gasteiger partial charge in [0.25, 0.3) is 5.91 Å². The molecule has 126 valence electrons. The molecule has 2 aromatic rings. The lowest BCUT2D eigenvalue weighted by Gasteiger charge is -2.25. The van der Waals surface area contributed by atoms with Crippen LogP contribution in [0.1, 0.15) is 24.9 Å². The van der Waals surface area contributed by atoms with Gasteiger partial charge in [0.2, 0.25) is 0 Å². The summed E-state index contributed by atoms with van der Waals surface area (Å²) in [5.74, 6) is 2.14. The number of para-hydroxylation sites is 2. The van der Waals surface area contributed by atoms with E-state index in [1.807, 2.05) is 55.1 Å². The molecule has 1 heterocycles. The van der Waals surface area contributed by atoms with E-state index >= 15 is 0 Å². The van der Waals surface area contributed by atoms with Gasteiger partial charge >= 0.3 is 0 Å². The molecule has 3 rings (SSSR count). The third-order valence-electron chi connectivity index (χ3n) is 3.80. The first-order chi connectivity index (χ1) is 11.8. The van der Waals surface area contributed by atoms with Crippen molar-refractivity contribution in [3.63, 3.8) is 0 Å². The molecular formula is C19H21NO3S. The van der Waals surface area contributed by atoms with Gasteiger partial charge in [0.15, 0.2) is 18.1 Å². The van der Waals surface area contributed by atoms with Crippen LogP contribution < -0.4 is 14.8 Å². The molecule has 0 aromatic heterocycles. The number of ether oxygens (including phenoxy) is 2. The fourth-order valence-electron chi connectivity index (χ4n) is 2.72. The van der Waals surface area contributed by atoms with E-state index in [1.165, 1.54) is 10.5 Å². The molecule has 0 radical (unpaired) electrons. The number of benzene rings is 2. The lowest BCUT2D eigenvalue weighted by atomic mass is 10.0. The maximum Gasteiger partial charge on any atom is 0.258 e. The second-order valence-electron chi connectivity index (χ2n) is 5.46. The van der Waals surface area contributed by atoms with Crippen LogP contribution in [0.25, 0.3) is 0 Å². The van der Waals surface area contributed by atoms with E-state index in [4.69, 9.17) is 9.47 Å². The van der Waals surface area contributed by atoms with Crippen LogP contribution in [0.4, 0.5) is 0 Å². The molecule has 0 fully saturated rings. The first-order valence-electron chi connectivity index (χ1n) is 8.13. The van der Waals surface area contributed by atoms with Crippen molar-refractivity contribution in [3.05, 3.63) is 54.1 Å². The van der Waals surface area contributed by atoms with Crippen molar-refractivity contribution in [1.29, 1.82) is 0 Å². The quantitative estimate of drug-likeness (QED) is 0.866.